The Bertz CT molecular complexity index is 492. The molecule has 1 aliphatic heterocycles. The first-order valence-electron chi connectivity index (χ1n) is 7.33. The van der Waals surface area contributed by atoms with Gasteiger partial charge in [-0.1, -0.05) is 13.8 Å². The number of rotatable bonds is 4. The largest absolute Gasteiger partial charge is 0.384 e. The quantitative estimate of drug-likeness (QED) is 0.900. The van der Waals surface area contributed by atoms with Crippen LogP contribution < -0.4 is 5.32 Å². The van der Waals surface area contributed by atoms with E-state index in [1.54, 1.807) is 0 Å². The third-order valence-corrected chi connectivity index (χ3v) is 3.87. The Morgan fingerprint density at radius 3 is 2.89 bits per heavy atom. The van der Waals surface area contributed by atoms with Crippen molar-refractivity contribution in [3.05, 3.63) is 29.3 Å². The summed E-state index contributed by atoms with van der Waals surface area (Å²) in [5, 5.41) is 3.34. The molecular formula is C16H22N2O. The van der Waals surface area contributed by atoms with Gasteiger partial charge in [-0.15, -0.1) is 0 Å². The molecule has 1 fully saturated rings. The van der Waals surface area contributed by atoms with Crippen LogP contribution in [0, 0.1) is 5.92 Å². The normalized spacial score (nSPS) is 17.2. The van der Waals surface area contributed by atoms with Gasteiger partial charge in [-0.3, -0.25) is 4.79 Å². The van der Waals surface area contributed by atoms with Crippen molar-refractivity contribution in [3.8, 4) is 0 Å². The van der Waals surface area contributed by atoms with E-state index in [2.05, 4.69) is 36.2 Å². The van der Waals surface area contributed by atoms with Crippen LogP contribution in [0.3, 0.4) is 0 Å². The van der Waals surface area contributed by atoms with E-state index in [9.17, 15) is 4.79 Å². The molecule has 102 valence electrons. The molecule has 2 aliphatic rings. The summed E-state index contributed by atoms with van der Waals surface area (Å²) in [5.41, 5.74) is 3.33. The van der Waals surface area contributed by atoms with Crippen molar-refractivity contribution >= 4 is 11.6 Å². The van der Waals surface area contributed by atoms with Crippen LogP contribution in [0.2, 0.25) is 0 Å². The molecule has 1 heterocycles. The maximum Gasteiger partial charge on any atom is 0.254 e. The number of nitrogens with zero attached hydrogens (tertiary/aromatic N) is 1. The Labute approximate surface area is 115 Å². The second kappa shape index (κ2) is 4.87. The standard InChI is InChI=1S/C16H22N2O/c1-11(2)10-18(14-4-5-14)16(19)13-3-6-15-12(9-13)7-8-17-15/h3,6,9,11,14,17H,4-5,7-8,10H2,1-2H3. The van der Waals surface area contributed by atoms with Gasteiger partial charge in [0.2, 0.25) is 0 Å². The molecule has 1 aliphatic carbocycles. The first-order chi connectivity index (χ1) is 9.15. The fraction of sp³-hybridized carbons (Fsp3) is 0.562. The molecule has 0 saturated heterocycles. The molecule has 0 unspecified atom stereocenters. The number of hydrogen-bond acceptors (Lipinski definition) is 2. The number of hydrogen-bond donors (Lipinski definition) is 1. The molecule has 3 rings (SSSR count). The van der Waals surface area contributed by atoms with Gasteiger partial charge in [-0.05, 0) is 48.9 Å². The lowest BCUT2D eigenvalue weighted by Crippen LogP contribution is -2.36. The Kier molecular flexibility index (Phi) is 3.21. The van der Waals surface area contributed by atoms with Crippen molar-refractivity contribution in [1.29, 1.82) is 0 Å². The molecule has 1 saturated carbocycles. The number of amides is 1. The van der Waals surface area contributed by atoms with Gasteiger partial charge >= 0.3 is 0 Å². The van der Waals surface area contributed by atoms with E-state index in [0.717, 1.165) is 25.1 Å². The Morgan fingerprint density at radius 1 is 1.42 bits per heavy atom. The molecule has 0 spiro atoms. The SMILES string of the molecule is CC(C)CN(C(=O)c1ccc2c(c1)CCN2)C1CC1. The number of fused-ring (bicyclic) bond motifs is 1. The smallest absolute Gasteiger partial charge is 0.254 e. The monoisotopic (exact) mass is 258 g/mol. The summed E-state index contributed by atoms with van der Waals surface area (Å²) in [7, 11) is 0. The van der Waals surface area contributed by atoms with Gasteiger partial charge in [0.25, 0.3) is 5.91 Å². The fourth-order valence-electron chi connectivity index (χ4n) is 2.78. The van der Waals surface area contributed by atoms with Crippen molar-refractivity contribution in [3.63, 3.8) is 0 Å². The third kappa shape index (κ3) is 2.60. The minimum Gasteiger partial charge on any atom is -0.384 e. The highest BCUT2D eigenvalue weighted by molar-refractivity contribution is 5.95. The lowest BCUT2D eigenvalue weighted by atomic mass is 10.1. The van der Waals surface area contributed by atoms with Crippen LogP contribution in [0.25, 0.3) is 0 Å². The average Bonchev–Trinajstić information content (AvgIpc) is 3.12. The summed E-state index contributed by atoms with van der Waals surface area (Å²) >= 11 is 0. The highest BCUT2D eigenvalue weighted by Crippen LogP contribution is 2.30. The highest BCUT2D eigenvalue weighted by atomic mass is 16.2. The van der Waals surface area contributed by atoms with Crippen molar-refractivity contribution in [1.82, 2.24) is 4.90 Å². The van der Waals surface area contributed by atoms with E-state index in [1.165, 1.54) is 24.1 Å². The number of anilines is 1. The molecule has 3 nitrogen and oxygen atoms in total. The second-order valence-electron chi connectivity index (χ2n) is 6.13. The lowest BCUT2D eigenvalue weighted by molar-refractivity contribution is 0.0722. The number of carbonyl (C=O) groups is 1. The first kappa shape index (κ1) is 12.5. The van der Waals surface area contributed by atoms with Gasteiger partial charge in [0.05, 0.1) is 0 Å². The zero-order valence-electron chi connectivity index (χ0n) is 11.8. The number of nitrogens with one attached hydrogen (secondary N) is 1. The molecular weight excluding hydrogens is 236 g/mol. The van der Waals surface area contributed by atoms with Crippen molar-refractivity contribution in [2.45, 2.75) is 39.2 Å². The molecule has 3 heteroatoms. The van der Waals surface area contributed by atoms with Crippen LogP contribution in [-0.4, -0.2) is 29.9 Å². The van der Waals surface area contributed by atoms with Crippen molar-refractivity contribution < 1.29 is 4.79 Å². The van der Waals surface area contributed by atoms with Gasteiger partial charge in [0.15, 0.2) is 0 Å². The summed E-state index contributed by atoms with van der Waals surface area (Å²) in [6.07, 6.45) is 3.37. The van der Waals surface area contributed by atoms with Crippen LogP contribution in [0.4, 0.5) is 5.69 Å². The Morgan fingerprint density at radius 2 is 2.21 bits per heavy atom. The van der Waals surface area contributed by atoms with Crippen molar-refractivity contribution in [2.24, 2.45) is 5.92 Å². The fourth-order valence-corrected chi connectivity index (χ4v) is 2.78. The van der Waals surface area contributed by atoms with Gasteiger partial charge in [0.1, 0.15) is 0 Å². The van der Waals surface area contributed by atoms with Crippen LogP contribution >= 0.6 is 0 Å². The summed E-state index contributed by atoms with van der Waals surface area (Å²) in [5.74, 6) is 0.742. The zero-order chi connectivity index (χ0) is 13.4. The maximum absolute atomic E-state index is 12.7. The van der Waals surface area contributed by atoms with E-state index in [4.69, 9.17) is 0 Å². The predicted molar refractivity (Wildman–Crippen MR) is 77.5 cm³/mol. The van der Waals surface area contributed by atoms with Crippen molar-refractivity contribution in [2.75, 3.05) is 18.4 Å². The van der Waals surface area contributed by atoms with Crippen LogP contribution in [-0.2, 0) is 6.42 Å². The van der Waals surface area contributed by atoms with E-state index >= 15 is 0 Å². The van der Waals surface area contributed by atoms with Gasteiger partial charge < -0.3 is 10.2 Å². The second-order valence-corrected chi connectivity index (χ2v) is 6.13. The molecule has 0 aromatic heterocycles. The maximum atomic E-state index is 12.7. The van der Waals surface area contributed by atoms with Crippen LogP contribution in [0.15, 0.2) is 18.2 Å². The minimum atomic E-state index is 0.214. The molecule has 0 radical (unpaired) electrons. The van der Waals surface area contributed by atoms with Crippen LogP contribution in [0.5, 0.6) is 0 Å². The van der Waals surface area contributed by atoms with E-state index in [1.807, 2.05) is 6.07 Å². The topological polar surface area (TPSA) is 32.3 Å². The molecule has 1 aromatic carbocycles. The summed E-state index contributed by atoms with van der Waals surface area (Å²) in [6.45, 7) is 6.22. The Hall–Kier alpha value is -1.51. The van der Waals surface area contributed by atoms with Gasteiger partial charge in [-0.2, -0.15) is 0 Å². The predicted octanol–water partition coefficient (Wildman–Crippen LogP) is 2.92. The first-order valence-corrected chi connectivity index (χ1v) is 7.33. The lowest BCUT2D eigenvalue weighted by Gasteiger charge is -2.24. The molecule has 1 aromatic rings. The molecule has 0 bridgehead atoms. The molecule has 1 amide bonds. The Balaban J connectivity index is 1.81. The molecule has 0 atom stereocenters. The summed E-state index contributed by atoms with van der Waals surface area (Å²) in [4.78, 5) is 14.7. The molecule has 19 heavy (non-hydrogen) atoms. The number of carbonyl (C=O) groups excluding carboxylic acids is 1. The van der Waals surface area contributed by atoms with E-state index < -0.39 is 0 Å². The van der Waals surface area contributed by atoms with Gasteiger partial charge in [-0.25, -0.2) is 0 Å². The summed E-state index contributed by atoms with van der Waals surface area (Å²) < 4.78 is 0. The minimum absolute atomic E-state index is 0.214. The zero-order valence-corrected chi connectivity index (χ0v) is 11.8. The van der Waals surface area contributed by atoms with Gasteiger partial charge in [0, 0.05) is 30.4 Å². The van der Waals surface area contributed by atoms with Crippen LogP contribution in [0.1, 0.15) is 42.6 Å². The average molecular weight is 258 g/mol. The van der Waals surface area contributed by atoms with E-state index in [0.29, 0.717) is 12.0 Å². The highest BCUT2D eigenvalue weighted by Gasteiger charge is 2.33. The third-order valence-electron chi connectivity index (χ3n) is 3.87. The number of benzene rings is 1. The summed E-state index contributed by atoms with van der Waals surface area (Å²) in [6, 6.07) is 6.58. The van der Waals surface area contributed by atoms with E-state index in [-0.39, 0.29) is 5.91 Å². The molecule has 1 N–H and O–H groups in total.